The predicted molar refractivity (Wildman–Crippen MR) is 55.8 cm³/mol. The van der Waals surface area contributed by atoms with Gasteiger partial charge in [-0.25, -0.2) is 4.98 Å². The highest BCUT2D eigenvalue weighted by atomic mass is 35.5. The molecule has 0 bridgehead atoms. The molecule has 4 heteroatoms. The van der Waals surface area contributed by atoms with Crippen LogP contribution in [0.2, 0.25) is 5.28 Å². The van der Waals surface area contributed by atoms with Crippen LogP contribution in [0.5, 0.6) is 5.88 Å². The van der Waals surface area contributed by atoms with Crippen LogP contribution in [-0.4, -0.2) is 17.1 Å². The average Bonchev–Trinajstić information content (AvgIpc) is 2.17. The van der Waals surface area contributed by atoms with Gasteiger partial charge in [0.05, 0.1) is 18.0 Å². The molecule has 0 fully saturated rings. The van der Waals surface area contributed by atoms with Gasteiger partial charge in [-0.1, -0.05) is 11.6 Å². The summed E-state index contributed by atoms with van der Waals surface area (Å²) >= 11 is 5.74. The van der Waals surface area contributed by atoms with Crippen molar-refractivity contribution < 1.29 is 4.74 Å². The number of fused-ring (bicyclic) bond motifs is 1. The van der Waals surface area contributed by atoms with Gasteiger partial charge in [0, 0.05) is 0 Å². The van der Waals surface area contributed by atoms with Gasteiger partial charge in [0.2, 0.25) is 11.2 Å². The van der Waals surface area contributed by atoms with Crippen molar-refractivity contribution in [2.75, 3.05) is 7.11 Å². The first-order chi connectivity index (χ1) is 6.70. The maximum absolute atomic E-state index is 5.74. The van der Waals surface area contributed by atoms with Gasteiger partial charge in [-0.15, -0.1) is 0 Å². The Kier molecular flexibility index (Phi) is 2.25. The van der Waals surface area contributed by atoms with Crippen molar-refractivity contribution in [1.82, 2.24) is 9.97 Å². The Morgan fingerprint density at radius 3 is 2.79 bits per heavy atom. The quantitative estimate of drug-likeness (QED) is 0.676. The predicted octanol–water partition coefficient (Wildman–Crippen LogP) is 2.60. The minimum Gasteiger partial charge on any atom is -0.480 e. The largest absolute Gasteiger partial charge is 0.480 e. The second-order valence-electron chi connectivity index (χ2n) is 3.02. The third-order valence-electron chi connectivity index (χ3n) is 1.98. The summed E-state index contributed by atoms with van der Waals surface area (Å²) in [6.07, 6.45) is 0. The fourth-order valence-corrected chi connectivity index (χ4v) is 1.51. The molecule has 1 aromatic heterocycles. The van der Waals surface area contributed by atoms with E-state index < -0.39 is 0 Å². The SMILES string of the molecule is COc1nc(Cl)nc2ccc(C)cc12. The minimum absolute atomic E-state index is 0.207. The Labute approximate surface area is 86.7 Å². The van der Waals surface area contributed by atoms with Gasteiger partial charge in [0.1, 0.15) is 0 Å². The van der Waals surface area contributed by atoms with Crippen LogP contribution in [0.3, 0.4) is 0 Å². The van der Waals surface area contributed by atoms with Crippen molar-refractivity contribution in [3.05, 3.63) is 29.0 Å². The molecular weight excluding hydrogens is 200 g/mol. The summed E-state index contributed by atoms with van der Waals surface area (Å²) < 4.78 is 5.13. The van der Waals surface area contributed by atoms with Gasteiger partial charge in [0.15, 0.2) is 0 Å². The smallest absolute Gasteiger partial charge is 0.226 e. The van der Waals surface area contributed by atoms with E-state index in [1.54, 1.807) is 7.11 Å². The molecule has 0 saturated carbocycles. The van der Waals surface area contributed by atoms with Gasteiger partial charge in [-0.2, -0.15) is 4.98 Å². The van der Waals surface area contributed by atoms with Gasteiger partial charge in [0.25, 0.3) is 0 Å². The normalized spacial score (nSPS) is 10.5. The molecule has 3 nitrogen and oxygen atoms in total. The number of aromatic nitrogens is 2. The fraction of sp³-hybridized carbons (Fsp3) is 0.200. The fourth-order valence-electron chi connectivity index (χ4n) is 1.34. The van der Waals surface area contributed by atoms with Crippen LogP contribution in [0, 0.1) is 6.92 Å². The van der Waals surface area contributed by atoms with E-state index in [4.69, 9.17) is 16.3 Å². The first-order valence-electron chi connectivity index (χ1n) is 4.18. The van der Waals surface area contributed by atoms with Crippen LogP contribution >= 0.6 is 11.6 Å². The first-order valence-corrected chi connectivity index (χ1v) is 4.56. The molecule has 1 heterocycles. The highest BCUT2D eigenvalue weighted by Crippen LogP contribution is 2.24. The maximum atomic E-state index is 5.74. The molecule has 2 rings (SSSR count). The van der Waals surface area contributed by atoms with E-state index in [1.807, 2.05) is 25.1 Å². The number of benzene rings is 1. The number of nitrogens with zero attached hydrogens (tertiary/aromatic N) is 2. The zero-order valence-electron chi connectivity index (χ0n) is 7.91. The van der Waals surface area contributed by atoms with E-state index in [-0.39, 0.29) is 5.28 Å². The lowest BCUT2D eigenvalue weighted by Gasteiger charge is -2.04. The molecule has 0 atom stereocenters. The molecule has 0 aliphatic heterocycles. The molecule has 0 saturated heterocycles. The number of hydrogen-bond donors (Lipinski definition) is 0. The lowest BCUT2D eigenvalue weighted by atomic mass is 10.2. The number of halogens is 1. The van der Waals surface area contributed by atoms with Crippen LogP contribution in [0.4, 0.5) is 0 Å². The summed E-state index contributed by atoms with van der Waals surface area (Å²) in [5.41, 5.74) is 1.94. The summed E-state index contributed by atoms with van der Waals surface area (Å²) in [6, 6.07) is 5.86. The van der Waals surface area contributed by atoms with Crippen molar-refractivity contribution in [2.24, 2.45) is 0 Å². The van der Waals surface area contributed by atoms with Gasteiger partial charge >= 0.3 is 0 Å². The lowest BCUT2D eigenvalue weighted by Crippen LogP contribution is -1.93. The van der Waals surface area contributed by atoms with E-state index in [2.05, 4.69) is 9.97 Å². The summed E-state index contributed by atoms with van der Waals surface area (Å²) in [5.74, 6) is 0.517. The monoisotopic (exact) mass is 208 g/mol. The lowest BCUT2D eigenvalue weighted by molar-refractivity contribution is 0.402. The summed E-state index contributed by atoms with van der Waals surface area (Å²) in [4.78, 5) is 8.09. The number of methoxy groups -OCH3 is 1. The standard InChI is InChI=1S/C10H9ClN2O/c1-6-3-4-8-7(5-6)9(14-2)13-10(11)12-8/h3-5H,1-2H3. The van der Waals surface area contributed by atoms with Crippen molar-refractivity contribution in [2.45, 2.75) is 6.92 Å². The number of rotatable bonds is 1. The molecule has 0 aliphatic rings. The highest BCUT2D eigenvalue weighted by molar-refractivity contribution is 6.28. The zero-order valence-corrected chi connectivity index (χ0v) is 8.67. The molecule has 1 aromatic carbocycles. The summed E-state index contributed by atoms with van der Waals surface area (Å²) in [7, 11) is 1.57. The first kappa shape index (κ1) is 9.21. The molecule has 2 aromatic rings. The molecule has 0 radical (unpaired) electrons. The number of aryl methyl sites for hydroxylation is 1. The van der Waals surface area contributed by atoms with Crippen LogP contribution in [-0.2, 0) is 0 Å². The van der Waals surface area contributed by atoms with Crippen molar-refractivity contribution in [3.63, 3.8) is 0 Å². The molecule has 0 spiro atoms. The number of hydrogen-bond acceptors (Lipinski definition) is 3. The van der Waals surface area contributed by atoms with Crippen molar-refractivity contribution >= 4 is 22.5 Å². The Morgan fingerprint density at radius 1 is 1.29 bits per heavy atom. The maximum Gasteiger partial charge on any atom is 0.226 e. The van der Waals surface area contributed by atoms with Crippen LogP contribution in [0.1, 0.15) is 5.56 Å². The molecule has 0 aliphatic carbocycles. The molecule has 0 unspecified atom stereocenters. The molecule has 14 heavy (non-hydrogen) atoms. The third kappa shape index (κ3) is 1.51. The Hall–Kier alpha value is -1.35. The van der Waals surface area contributed by atoms with Crippen LogP contribution in [0.25, 0.3) is 10.9 Å². The van der Waals surface area contributed by atoms with Crippen LogP contribution in [0.15, 0.2) is 18.2 Å². The van der Waals surface area contributed by atoms with Crippen molar-refractivity contribution in [3.8, 4) is 5.88 Å². The Balaban J connectivity index is 2.81. The van der Waals surface area contributed by atoms with Gasteiger partial charge in [-0.3, -0.25) is 0 Å². The van der Waals surface area contributed by atoms with Crippen LogP contribution < -0.4 is 4.74 Å². The summed E-state index contributed by atoms with van der Waals surface area (Å²) in [5, 5.41) is 1.09. The topological polar surface area (TPSA) is 35.0 Å². The van der Waals surface area contributed by atoms with E-state index in [0.29, 0.717) is 5.88 Å². The molecular formula is C10H9ClN2O. The van der Waals surface area contributed by atoms with E-state index in [0.717, 1.165) is 16.5 Å². The average molecular weight is 209 g/mol. The van der Waals surface area contributed by atoms with E-state index in [9.17, 15) is 0 Å². The second kappa shape index (κ2) is 3.42. The Morgan fingerprint density at radius 2 is 2.07 bits per heavy atom. The Bertz CT molecular complexity index is 485. The highest BCUT2D eigenvalue weighted by Gasteiger charge is 2.06. The minimum atomic E-state index is 0.207. The van der Waals surface area contributed by atoms with Gasteiger partial charge < -0.3 is 4.74 Å². The molecule has 72 valence electrons. The van der Waals surface area contributed by atoms with Gasteiger partial charge in [-0.05, 0) is 30.7 Å². The molecule has 0 amide bonds. The van der Waals surface area contributed by atoms with E-state index in [1.165, 1.54) is 0 Å². The van der Waals surface area contributed by atoms with E-state index >= 15 is 0 Å². The van der Waals surface area contributed by atoms with Crippen molar-refractivity contribution in [1.29, 1.82) is 0 Å². The number of ether oxygens (including phenoxy) is 1. The third-order valence-corrected chi connectivity index (χ3v) is 2.15. The summed E-state index contributed by atoms with van der Waals surface area (Å²) in [6.45, 7) is 2.01. The zero-order chi connectivity index (χ0) is 10.1. The molecule has 0 N–H and O–H groups in total. The second-order valence-corrected chi connectivity index (χ2v) is 3.36.